The van der Waals surface area contributed by atoms with Crippen LogP contribution in [-0.2, 0) is 0 Å². The van der Waals surface area contributed by atoms with Crippen LogP contribution in [0.15, 0.2) is 18.2 Å². The molecular weight excluding hydrogens is 224 g/mol. The average Bonchev–Trinajstić information content (AvgIpc) is 2.85. The van der Waals surface area contributed by atoms with Crippen molar-refractivity contribution in [2.45, 2.75) is 32.2 Å². The molecule has 0 radical (unpaired) electrons. The minimum Gasteiger partial charge on any atom is -0.497 e. The summed E-state index contributed by atoms with van der Waals surface area (Å²) in [6.07, 6.45) is 4.19. The fraction of sp³-hybridized carbons (Fsp3) is 0.600. The quantitative estimate of drug-likeness (QED) is 0.634. The summed E-state index contributed by atoms with van der Waals surface area (Å²) in [7, 11) is 1.71. The van der Waals surface area contributed by atoms with E-state index < -0.39 is 0 Å². The van der Waals surface area contributed by atoms with Crippen molar-refractivity contribution in [3.8, 4) is 5.75 Å². The molecule has 2 aliphatic carbocycles. The average molecular weight is 246 g/mol. The second-order valence-electron chi connectivity index (χ2n) is 5.70. The van der Waals surface area contributed by atoms with Gasteiger partial charge in [-0.2, -0.15) is 0 Å². The van der Waals surface area contributed by atoms with Crippen molar-refractivity contribution in [1.82, 2.24) is 5.43 Å². The van der Waals surface area contributed by atoms with Gasteiger partial charge in [-0.25, -0.2) is 0 Å². The van der Waals surface area contributed by atoms with Crippen molar-refractivity contribution in [2.75, 3.05) is 7.11 Å². The molecule has 3 atom stereocenters. The zero-order valence-electron chi connectivity index (χ0n) is 11.1. The smallest absolute Gasteiger partial charge is 0.119 e. The lowest BCUT2D eigenvalue weighted by Crippen LogP contribution is -2.31. The van der Waals surface area contributed by atoms with Gasteiger partial charge in [0.25, 0.3) is 0 Å². The van der Waals surface area contributed by atoms with E-state index in [1.807, 2.05) is 6.07 Å². The normalized spacial score (nSPS) is 30.9. The summed E-state index contributed by atoms with van der Waals surface area (Å²) in [6.45, 7) is 2.14. The second-order valence-corrected chi connectivity index (χ2v) is 5.70. The van der Waals surface area contributed by atoms with Crippen LogP contribution in [0.3, 0.4) is 0 Å². The molecule has 3 unspecified atom stereocenters. The van der Waals surface area contributed by atoms with Gasteiger partial charge in [-0.15, -0.1) is 0 Å². The molecule has 98 valence electrons. The second kappa shape index (κ2) is 4.56. The van der Waals surface area contributed by atoms with Crippen LogP contribution in [0, 0.1) is 24.7 Å². The van der Waals surface area contributed by atoms with Crippen molar-refractivity contribution in [3.05, 3.63) is 29.3 Å². The zero-order valence-corrected chi connectivity index (χ0v) is 11.1. The van der Waals surface area contributed by atoms with Crippen LogP contribution in [0.2, 0.25) is 0 Å². The number of fused-ring (bicyclic) bond motifs is 1. The Hall–Kier alpha value is -1.06. The summed E-state index contributed by atoms with van der Waals surface area (Å²) in [5.74, 6) is 9.29. The number of benzene rings is 1. The van der Waals surface area contributed by atoms with Crippen molar-refractivity contribution < 1.29 is 4.74 Å². The predicted octanol–water partition coefficient (Wildman–Crippen LogP) is 2.55. The highest BCUT2D eigenvalue weighted by Crippen LogP contribution is 2.62. The van der Waals surface area contributed by atoms with E-state index in [9.17, 15) is 0 Å². The number of ether oxygens (including phenoxy) is 1. The van der Waals surface area contributed by atoms with Gasteiger partial charge in [0, 0.05) is 6.04 Å². The number of methoxy groups -OCH3 is 1. The molecule has 3 rings (SSSR count). The highest BCUT2D eigenvalue weighted by Gasteiger charge is 2.56. The summed E-state index contributed by atoms with van der Waals surface area (Å²) in [6, 6.07) is 6.60. The third kappa shape index (κ3) is 1.82. The van der Waals surface area contributed by atoms with Crippen LogP contribution >= 0.6 is 0 Å². The molecule has 18 heavy (non-hydrogen) atoms. The minimum atomic E-state index is 0.311. The van der Waals surface area contributed by atoms with Crippen LogP contribution in [0.5, 0.6) is 5.75 Å². The molecular formula is C15H22N2O. The number of rotatable bonds is 4. The molecule has 1 aromatic rings. The van der Waals surface area contributed by atoms with Crippen LogP contribution in [0.4, 0.5) is 0 Å². The van der Waals surface area contributed by atoms with Crippen molar-refractivity contribution in [2.24, 2.45) is 23.6 Å². The van der Waals surface area contributed by atoms with Gasteiger partial charge in [0.2, 0.25) is 0 Å². The van der Waals surface area contributed by atoms with Gasteiger partial charge in [0.05, 0.1) is 7.11 Å². The topological polar surface area (TPSA) is 47.3 Å². The number of hydrogen-bond donors (Lipinski definition) is 2. The summed E-state index contributed by atoms with van der Waals surface area (Å²) in [5.41, 5.74) is 5.64. The van der Waals surface area contributed by atoms with Crippen molar-refractivity contribution in [1.29, 1.82) is 0 Å². The summed E-state index contributed by atoms with van der Waals surface area (Å²) >= 11 is 0. The third-order valence-electron chi connectivity index (χ3n) is 4.85. The van der Waals surface area contributed by atoms with E-state index in [4.69, 9.17) is 10.6 Å². The lowest BCUT2D eigenvalue weighted by atomic mass is 9.94. The number of nitrogens with two attached hydrogens (primary N) is 1. The first-order valence-corrected chi connectivity index (χ1v) is 6.87. The zero-order chi connectivity index (χ0) is 12.7. The van der Waals surface area contributed by atoms with Gasteiger partial charge in [0.1, 0.15) is 5.75 Å². The van der Waals surface area contributed by atoms with Crippen LogP contribution in [0.25, 0.3) is 0 Å². The maximum atomic E-state index is 5.81. The fourth-order valence-electron chi connectivity index (χ4n) is 3.90. The van der Waals surface area contributed by atoms with Gasteiger partial charge in [-0.1, -0.05) is 12.5 Å². The molecule has 2 saturated carbocycles. The first-order valence-electron chi connectivity index (χ1n) is 6.87. The molecule has 0 aromatic heterocycles. The third-order valence-corrected chi connectivity index (χ3v) is 4.85. The molecule has 0 saturated heterocycles. The predicted molar refractivity (Wildman–Crippen MR) is 72.1 cm³/mol. The van der Waals surface area contributed by atoms with Gasteiger partial charge in [-0.05, 0) is 60.8 Å². The van der Waals surface area contributed by atoms with Crippen LogP contribution in [-0.4, -0.2) is 7.11 Å². The molecule has 0 aliphatic heterocycles. The van der Waals surface area contributed by atoms with Gasteiger partial charge in [-0.3, -0.25) is 11.3 Å². The largest absolute Gasteiger partial charge is 0.497 e. The van der Waals surface area contributed by atoms with E-state index in [0.717, 1.165) is 23.5 Å². The Morgan fingerprint density at radius 3 is 2.61 bits per heavy atom. The first kappa shape index (κ1) is 12.0. The molecule has 3 nitrogen and oxygen atoms in total. The molecule has 0 heterocycles. The van der Waals surface area contributed by atoms with Gasteiger partial charge in [0.15, 0.2) is 0 Å². The molecule has 2 aliphatic rings. The lowest BCUT2D eigenvalue weighted by Gasteiger charge is -2.21. The van der Waals surface area contributed by atoms with Gasteiger partial charge < -0.3 is 4.74 Å². The van der Waals surface area contributed by atoms with E-state index >= 15 is 0 Å². The maximum Gasteiger partial charge on any atom is 0.119 e. The molecule has 3 heteroatoms. The minimum absolute atomic E-state index is 0.311. The number of hydrogen-bond acceptors (Lipinski definition) is 3. The van der Waals surface area contributed by atoms with E-state index in [1.165, 1.54) is 30.4 Å². The Balaban J connectivity index is 1.83. The van der Waals surface area contributed by atoms with Crippen molar-refractivity contribution in [3.63, 3.8) is 0 Å². The Morgan fingerprint density at radius 2 is 2.06 bits per heavy atom. The SMILES string of the molecule is COc1ccc(C(NN)C2C3CCCC32)c(C)c1. The van der Waals surface area contributed by atoms with Gasteiger partial charge >= 0.3 is 0 Å². The lowest BCUT2D eigenvalue weighted by molar-refractivity contribution is 0.409. The van der Waals surface area contributed by atoms with E-state index in [2.05, 4.69) is 24.5 Å². The molecule has 1 aromatic carbocycles. The highest BCUT2D eigenvalue weighted by molar-refractivity contribution is 5.38. The summed E-state index contributed by atoms with van der Waals surface area (Å²) < 4.78 is 5.26. The number of hydrazine groups is 1. The van der Waals surface area contributed by atoms with E-state index in [1.54, 1.807) is 7.11 Å². The Labute approximate surface area is 109 Å². The van der Waals surface area contributed by atoms with E-state index in [-0.39, 0.29) is 0 Å². The number of nitrogens with one attached hydrogen (secondary N) is 1. The van der Waals surface area contributed by atoms with Crippen LogP contribution < -0.4 is 16.0 Å². The number of aryl methyl sites for hydroxylation is 1. The Kier molecular flexibility index (Phi) is 3.04. The molecule has 0 spiro atoms. The van der Waals surface area contributed by atoms with Crippen LogP contribution in [0.1, 0.15) is 36.4 Å². The van der Waals surface area contributed by atoms with E-state index in [0.29, 0.717) is 6.04 Å². The Morgan fingerprint density at radius 1 is 1.33 bits per heavy atom. The molecule has 0 amide bonds. The molecule has 2 fully saturated rings. The fourth-order valence-corrected chi connectivity index (χ4v) is 3.90. The summed E-state index contributed by atoms with van der Waals surface area (Å²) in [4.78, 5) is 0. The molecule has 0 bridgehead atoms. The Bertz CT molecular complexity index is 436. The first-order chi connectivity index (χ1) is 8.76. The standard InChI is InChI=1S/C15H22N2O/c1-9-8-10(18-2)6-7-11(9)15(17-16)14-12-4-3-5-13(12)14/h6-8,12-15,17H,3-5,16H2,1-2H3. The van der Waals surface area contributed by atoms with Crippen molar-refractivity contribution >= 4 is 0 Å². The monoisotopic (exact) mass is 246 g/mol. The maximum absolute atomic E-state index is 5.81. The molecule has 3 N–H and O–H groups in total. The summed E-state index contributed by atoms with van der Waals surface area (Å²) in [5, 5.41) is 0. The highest BCUT2D eigenvalue weighted by atomic mass is 16.5.